The standard InChI is InChI=1S/C24H30N4O3/c1-3-12-27-13-10-20(11-14-27)25-21(29)16-28-22(30)24(2,26-23(28)31)19-9-8-17-6-4-5-7-18(17)15-19/h4-9,15,20H,3,10-14,16H2,1-2H3,(H,25,29)(H,26,31)/t24-/m1/s1. The van der Waals surface area contributed by atoms with Gasteiger partial charge >= 0.3 is 6.03 Å². The molecule has 2 aliphatic rings. The summed E-state index contributed by atoms with van der Waals surface area (Å²) in [7, 11) is 0. The number of urea groups is 1. The van der Waals surface area contributed by atoms with Gasteiger partial charge in [0.05, 0.1) is 0 Å². The van der Waals surface area contributed by atoms with E-state index in [1.54, 1.807) is 6.92 Å². The highest BCUT2D eigenvalue weighted by atomic mass is 16.2. The Labute approximate surface area is 182 Å². The molecule has 1 atom stereocenters. The lowest BCUT2D eigenvalue weighted by Crippen LogP contribution is -2.48. The predicted octanol–water partition coefficient (Wildman–Crippen LogP) is 2.60. The maximum Gasteiger partial charge on any atom is 0.325 e. The lowest BCUT2D eigenvalue weighted by molar-refractivity contribution is -0.135. The summed E-state index contributed by atoms with van der Waals surface area (Å²) in [5.74, 6) is -0.694. The van der Waals surface area contributed by atoms with Crippen LogP contribution in [0.15, 0.2) is 42.5 Å². The van der Waals surface area contributed by atoms with Crippen LogP contribution in [0.5, 0.6) is 0 Å². The number of hydrogen-bond donors (Lipinski definition) is 2. The maximum atomic E-state index is 13.2. The van der Waals surface area contributed by atoms with Crippen LogP contribution in [0.1, 0.15) is 38.7 Å². The van der Waals surface area contributed by atoms with Gasteiger partial charge in [0.1, 0.15) is 12.1 Å². The van der Waals surface area contributed by atoms with Crippen molar-refractivity contribution in [3.63, 3.8) is 0 Å². The lowest BCUT2D eigenvalue weighted by Gasteiger charge is -2.32. The van der Waals surface area contributed by atoms with Gasteiger partial charge in [0.2, 0.25) is 5.91 Å². The second kappa shape index (κ2) is 8.67. The summed E-state index contributed by atoms with van der Waals surface area (Å²) in [6.45, 7) is 6.60. The molecule has 2 aromatic carbocycles. The molecule has 2 N–H and O–H groups in total. The summed E-state index contributed by atoms with van der Waals surface area (Å²) in [5, 5.41) is 7.85. The smallest absolute Gasteiger partial charge is 0.325 e. The van der Waals surface area contributed by atoms with E-state index in [0.717, 1.165) is 54.6 Å². The molecular weight excluding hydrogens is 392 g/mol. The number of nitrogens with one attached hydrogen (secondary N) is 2. The number of carbonyl (C=O) groups excluding carboxylic acids is 3. The van der Waals surface area contributed by atoms with Gasteiger partial charge in [-0.3, -0.25) is 14.5 Å². The van der Waals surface area contributed by atoms with Crippen LogP contribution < -0.4 is 10.6 Å². The summed E-state index contributed by atoms with van der Waals surface area (Å²) in [6, 6.07) is 13.1. The zero-order valence-electron chi connectivity index (χ0n) is 18.2. The average Bonchev–Trinajstić information content (AvgIpc) is 2.99. The number of fused-ring (bicyclic) bond motifs is 1. The molecule has 2 heterocycles. The Morgan fingerprint density at radius 3 is 2.55 bits per heavy atom. The van der Waals surface area contributed by atoms with E-state index in [0.29, 0.717) is 5.56 Å². The van der Waals surface area contributed by atoms with Crippen molar-refractivity contribution in [1.82, 2.24) is 20.4 Å². The highest BCUT2D eigenvalue weighted by Crippen LogP contribution is 2.31. The minimum absolute atomic E-state index is 0.0910. The van der Waals surface area contributed by atoms with Crippen molar-refractivity contribution >= 4 is 28.6 Å². The van der Waals surface area contributed by atoms with Crippen LogP contribution in [-0.4, -0.2) is 59.9 Å². The summed E-state index contributed by atoms with van der Waals surface area (Å²) in [4.78, 5) is 41.8. The van der Waals surface area contributed by atoms with Gasteiger partial charge in [0.25, 0.3) is 5.91 Å². The molecule has 2 aliphatic heterocycles. The number of likely N-dealkylation sites (tertiary alicyclic amines) is 1. The van der Waals surface area contributed by atoms with E-state index < -0.39 is 17.5 Å². The number of hydrogen-bond acceptors (Lipinski definition) is 4. The van der Waals surface area contributed by atoms with Gasteiger partial charge in [0, 0.05) is 19.1 Å². The molecule has 0 spiro atoms. The molecule has 0 unspecified atom stereocenters. The molecule has 2 aromatic rings. The Morgan fingerprint density at radius 2 is 1.84 bits per heavy atom. The number of carbonyl (C=O) groups is 3. The highest BCUT2D eigenvalue weighted by Gasteiger charge is 2.49. The van der Waals surface area contributed by atoms with Crippen LogP contribution in [0.2, 0.25) is 0 Å². The third-order valence-electron chi connectivity index (χ3n) is 6.40. The van der Waals surface area contributed by atoms with E-state index in [-0.39, 0.29) is 18.5 Å². The molecule has 2 fully saturated rings. The quantitative estimate of drug-likeness (QED) is 0.701. The van der Waals surface area contributed by atoms with E-state index in [4.69, 9.17) is 0 Å². The highest BCUT2D eigenvalue weighted by molar-refractivity contribution is 6.09. The van der Waals surface area contributed by atoms with E-state index in [1.165, 1.54) is 0 Å². The minimum Gasteiger partial charge on any atom is -0.352 e. The Kier molecular flexibility index (Phi) is 5.96. The molecule has 0 aliphatic carbocycles. The van der Waals surface area contributed by atoms with Crippen molar-refractivity contribution in [3.8, 4) is 0 Å². The van der Waals surface area contributed by atoms with Crippen molar-refractivity contribution in [3.05, 3.63) is 48.0 Å². The first-order valence-corrected chi connectivity index (χ1v) is 11.1. The summed E-state index contributed by atoms with van der Waals surface area (Å²) >= 11 is 0. The second-order valence-corrected chi connectivity index (χ2v) is 8.69. The summed E-state index contributed by atoms with van der Waals surface area (Å²) in [6.07, 6.45) is 2.90. The van der Waals surface area contributed by atoms with Gasteiger partial charge in [0.15, 0.2) is 0 Å². The fourth-order valence-electron chi connectivity index (χ4n) is 4.57. The number of piperidine rings is 1. The van der Waals surface area contributed by atoms with Crippen LogP contribution in [0, 0.1) is 0 Å². The normalized spacial score (nSPS) is 22.7. The first-order chi connectivity index (χ1) is 14.9. The zero-order chi connectivity index (χ0) is 22.0. The van der Waals surface area contributed by atoms with Gasteiger partial charge in [-0.2, -0.15) is 0 Å². The van der Waals surface area contributed by atoms with Crippen LogP contribution >= 0.6 is 0 Å². The number of nitrogens with zero attached hydrogens (tertiary/aromatic N) is 2. The Hall–Kier alpha value is -2.93. The molecule has 0 saturated carbocycles. The van der Waals surface area contributed by atoms with Crippen molar-refractivity contribution in [2.45, 2.75) is 44.7 Å². The molecule has 7 heteroatoms. The zero-order valence-corrected chi connectivity index (χ0v) is 18.2. The van der Waals surface area contributed by atoms with Crippen LogP contribution in [0.4, 0.5) is 4.79 Å². The fraction of sp³-hybridized carbons (Fsp3) is 0.458. The monoisotopic (exact) mass is 422 g/mol. The predicted molar refractivity (Wildman–Crippen MR) is 119 cm³/mol. The Balaban J connectivity index is 1.41. The van der Waals surface area contributed by atoms with E-state index in [1.807, 2.05) is 42.5 Å². The lowest BCUT2D eigenvalue weighted by atomic mass is 9.90. The number of imide groups is 1. The van der Waals surface area contributed by atoms with Crippen molar-refractivity contribution in [2.75, 3.05) is 26.2 Å². The van der Waals surface area contributed by atoms with Gasteiger partial charge in [-0.05, 0) is 55.1 Å². The third kappa shape index (κ3) is 4.28. The molecule has 4 rings (SSSR count). The molecule has 2 saturated heterocycles. The number of benzene rings is 2. The van der Waals surface area contributed by atoms with Gasteiger partial charge in [-0.1, -0.05) is 43.3 Å². The van der Waals surface area contributed by atoms with Crippen molar-refractivity contribution < 1.29 is 14.4 Å². The molecule has 0 aromatic heterocycles. The SMILES string of the molecule is CCCN1CCC(NC(=O)CN2C(=O)N[C@](C)(c3ccc4ccccc4c3)C2=O)CC1. The largest absolute Gasteiger partial charge is 0.352 e. The summed E-state index contributed by atoms with van der Waals surface area (Å²) < 4.78 is 0. The van der Waals surface area contributed by atoms with Crippen LogP contribution in [0.3, 0.4) is 0 Å². The van der Waals surface area contributed by atoms with Gasteiger partial charge in [-0.25, -0.2) is 4.79 Å². The first kappa shape index (κ1) is 21.3. The fourth-order valence-corrected chi connectivity index (χ4v) is 4.57. The number of rotatable bonds is 6. The van der Waals surface area contributed by atoms with Gasteiger partial charge < -0.3 is 15.5 Å². The number of amides is 4. The molecule has 0 bridgehead atoms. The summed E-state index contributed by atoms with van der Waals surface area (Å²) in [5.41, 5.74) is -0.483. The van der Waals surface area contributed by atoms with Crippen LogP contribution in [0.25, 0.3) is 10.8 Å². The Morgan fingerprint density at radius 1 is 1.13 bits per heavy atom. The Bertz CT molecular complexity index is 999. The topological polar surface area (TPSA) is 81.8 Å². The second-order valence-electron chi connectivity index (χ2n) is 8.69. The average molecular weight is 423 g/mol. The van der Waals surface area contributed by atoms with E-state index in [2.05, 4.69) is 22.5 Å². The molecule has 7 nitrogen and oxygen atoms in total. The minimum atomic E-state index is -1.19. The maximum absolute atomic E-state index is 13.2. The van der Waals surface area contributed by atoms with Crippen molar-refractivity contribution in [2.24, 2.45) is 0 Å². The van der Waals surface area contributed by atoms with Crippen LogP contribution in [-0.2, 0) is 15.1 Å². The third-order valence-corrected chi connectivity index (χ3v) is 6.40. The molecule has 31 heavy (non-hydrogen) atoms. The first-order valence-electron chi connectivity index (χ1n) is 11.1. The van der Waals surface area contributed by atoms with E-state index >= 15 is 0 Å². The molecule has 4 amide bonds. The molecule has 0 radical (unpaired) electrons. The van der Waals surface area contributed by atoms with Gasteiger partial charge in [-0.15, -0.1) is 0 Å². The molecular formula is C24H30N4O3. The molecule has 164 valence electrons. The van der Waals surface area contributed by atoms with Crippen molar-refractivity contribution in [1.29, 1.82) is 0 Å². The van der Waals surface area contributed by atoms with E-state index in [9.17, 15) is 14.4 Å².